The number of nitrogens with zero attached hydrogens (tertiary/aromatic N) is 2. The van der Waals surface area contributed by atoms with Gasteiger partial charge in [-0.05, 0) is 49.4 Å². The van der Waals surface area contributed by atoms with Crippen LogP contribution in [0, 0.1) is 10.8 Å². The number of unbranched alkanes of at least 4 members (excludes halogenated alkanes) is 3. The molecule has 0 spiro atoms. The second kappa shape index (κ2) is 10.7. The van der Waals surface area contributed by atoms with E-state index in [1.807, 2.05) is 0 Å². The van der Waals surface area contributed by atoms with Gasteiger partial charge in [-0.15, -0.1) is 0 Å². The summed E-state index contributed by atoms with van der Waals surface area (Å²) >= 11 is 0. The molecule has 0 aromatic carbocycles. The number of oxime groups is 2. The number of rotatable bonds is 16. The summed E-state index contributed by atoms with van der Waals surface area (Å²) in [7, 11) is 0. The van der Waals surface area contributed by atoms with Crippen molar-refractivity contribution in [3.05, 3.63) is 0 Å². The molecule has 8 heteroatoms. The van der Waals surface area contributed by atoms with Gasteiger partial charge in [-0.25, -0.2) is 0 Å². The molecule has 0 radical (unpaired) electrons. The highest BCUT2D eigenvalue weighted by Gasteiger charge is 2.64. The molecule has 2 saturated carbocycles. The molecule has 0 aliphatic heterocycles. The number of amidine groups is 2. The van der Waals surface area contributed by atoms with Crippen LogP contribution < -0.4 is 11.5 Å². The zero-order valence-corrected chi connectivity index (χ0v) is 16.4. The van der Waals surface area contributed by atoms with E-state index in [9.17, 15) is 0 Å². The molecule has 2 fully saturated rings. The van der Waals surface area contributed by atoms with E-state index in [1.54, 1.807) is 0 Å². The first kappa shape index (κ1) is 21.8. The number of hydrogen-bond acceptors (Lipinski definition) is 6. The van der Waals surface area contributed by atoms with E-state index in [2.05, 4.69) is 10.3 Å². The molecule has 0 aromatic heterocycles. The molecule has 0 heterocycles. The number of ether oxygens (including phenoxy) is 2. The van der Waals surface area contributed by atoms with Crippen molar-refractivity contribution in [2.24, 2.45) is 32.6 Å². The zero-order valence-electron chi connectivity index (χ0n) is 16.4. The van der Waals surface area contributed by atoms with Crippen LogP contribution in [0.3, 0.4) is 0 Å². The topological polar surface area (TPSA) is 136 Å². The van der Waals surface area contributed by atoms with E-state index in [0.29, 0.717) is 36.9 Å². The van der Waals surface area contributed by atoms with Gasteiger partial charge in [-0.3, -0.25) is 0 Å². The van der Waals surface area contributed by atoms with Crippen LogP contribution in [0.1, 0.15) is 70.6 Å². The van der Waals surface area contributed by atoms with Gasteiger partial charge in [0.15, 0.2) is 0 Å². The van der Waals surface area contributed by atoms with Crippen molar-refractivity contribution in [3.8, 4) is 0 Å². The van der Waals surface area contributed by atoms with Gasteiger partial charge in [0.25, 0.3) is 0 Å². The minimum absolute atomic E-state index is 0.215. The van der Waals surface area contributed by atoms with E-state index in [0.717, 1.165) is 19.6 Å². The molecular weight excluding hydrogens is 348 g/mol. The maximum atomic E-state index is 8.56. The highest BCUT2D eigenvalue weighted by Crippen LogP contribution is 2.72. The molecule has 0 aromatic rings. The Morgan fingerprint density at radius 1 is 0.741 bits per heavy atom. The monoisotopic (exact) mass is 384 g/mol. The molecular formula is C19H36N4O4. The first-order valence-corrected chi connectivity index (χ1v) is 10.2. The maximum Gasteiger partial charge on any atom is 0.141 e. The summed E-state index contributed by atoms with van der Waals surface area (Å²) in [6.45, 7) is 2.60. The average Bonchev–Trinajstić information content (AvgIpc) is 3.59. The summed E-state index contributed by atoms with van der Waals surface area (Å²) in [6, 6.07) is 0. The first-order valence-electron chi connectivity index (χ1n) is 10.2. The van der Waals surface area contributed by atoms with Gasteiger partial charge in [0.2, 0.25) is 0 Å². The summed E-state index contributed by atoms with van der Waals surface area (Å²) in [6.07, 6.45) is 12.3. The third-order valence-corrected chi connectivity index (χ3v) is 6.17. The minimum atomic E-state index is 0.215. The van der Waals surface area contributed by atoms with Crippen molar-refractivity contribution < 1.29 is 19.9 Å². The standard InChI is InChI=1S/C19H36N4O4/c20-16(22-24)5-13-26-12-4-2-1-3-7-18(8-9-18)19(10-11-19)15-27-14-6-17(21)23-25/h24-25H,1-15H2,(H2,20,22)(H2,21,23). The Kier molecular flexibility index (Phi) is 8.63. The van der Waals surface area contributed by atoms with Crippen LogP contribution in [-0.4, -0.2) is 48.5 Å². The second-order valence-electron chi connectivity index (χ2n) is 8.07. The van der Waals surface area contributed by atoms with Crippen LogP contribution in [0.2, 0.25) is 0 Å². The largest absolute Gasteiger partial charge is 0.409 e. The molecule has 0 saturated heterocycles. The Balaban J connectivity index is 1.50. The molecule has 27 heavy (non-hydrogen) atoms. The highest BCUT2D eigenvalue weighted by molar-refractivity contribution is 5.79. The molecule has 0 amide bonds. The van der Waals surface area contributed by atoms with Gasteiger partial charge < -0.3 is 31.4 Å². The lowest BCUT2D eigenvalue weighted by molar-refractivity contribution is 0.0562. The van der Waals surface area contributed by atoms with Crippen LogP contribution in [0.5, 0.6) is 0 Å². The quantitative estimate of drug-likeness (QED) is 0.106. The molecule has 6 N–H and O–H groups in total. The number of hydrogen-bond donors (Lipinski definition) is 4. The fraction of sp³-hybridized carbons (Fsp3) is 0.895. The van der Waals surface area contributed by atoms with E-state index in [-0.39, 0.29) is 11.7 Å². The van der Waals surface area contributed by atoms with Crippen LogP contribution in [0.25, 0.3) is 0 Å². The predicted octanol–water partition coefficient (Wildman–Crippen LogP) is 2.80. The van der Waals surface area contributed by atoms with E-state index < -0.39 is 0 Å². The predicted molar refractivity (Wildman–Crippen MR) is 104 cm³/mol. The van der Waals surface area contributed by atoms with Gasteiger partial charge in [0.1, 0.15) is 11.7 Å². The zero-order chi connectivity index (χ0) is 19.6. The molecule has 2 rings (SSSR count). The summed E-state index contributed by atoms with van der Waals surface area (Å²) in [5.74, 6) is 0.447. The normalized spacial score (nSPS) is 20.6. The Morgan fingerprint density at radius 3 is 1.85 bits per heavy atom. The molecule has 8 nitrogen and oxygen atoms in total. The highest BCUT2D eigenvalue weighted by atomic mass is 16.5. The Labute approximate surface area is 161 Å². The van der Waals surface area contributed by atoms with Gasteiger partial charge >= 0.3 is 0 Å². The average molecular weight is 385 g/mol. The third-order valence-electron chi connectivity index (χ3n) is 6.17. The smallest absolute Gasteiger partial charge is 0.141 e. The van der Waals surface area contributed by atoms with Gasteiger partial charge in [-0.2, -0.15) is 0 Å². The molecule has 2 aliphatic rings. The lowest BCUT2D eigenvalue weighted by atomic mass is 9.82. The molecule has 2 aliphatic carbocycles. The summed E-state index contributed by atoms with van der Waals surface area (Å²) in [5, 5.41) is 22.9. The van der Waals surface area contributed by atoms with Crippen molar-refractivity contribution in [2.45, 2.75) is 70.6 Å². The molecule has 0 bridgehead atoms. The van der Waals surface area contributed by atoms with Crippen LogP contribution in [0.4, 0.5) is 0 Å². The van der Waals surface area contributed by atoms with Crippen molar-refractivity contribution in [1.82, 2.24) is 0 Å². The summed E-state index contributed by atoms with van der Waals surface area (Å²) in [5.41, 5.74) is 11.8. The Hall–Kier alpha value is -1.54. The van der Waals surface area contributed by atoms with Crippen molar-refractivity contribution in [1.29, 1.82) is 0 Å². The fourth-order valence-corrected chi connectivity index (χ4v) is 4.02. The molecule has 156 valence electrons. The summed E-state index contributed by atoms with van der Waals surface area (Å²) < 4.78 is 11.3. The Morgan fingerprint density at radius 2 is 1.30 bits per heavy atom. The molecule has 0 atom stereocenters. The SMILES string of the molecule is N/C(CCOCCCCCCC1(C2(COCC/C(N)=N\O)CC2)CC1)=N\O. The lowest BCUT2D eigenvalue weighted by Crippen LogP contribution is -2.24. The second-order valence-corrected chi connectivity index (χ2v) is 8.07. The van der Waals surface area contributed by atoms with Crippen molar-refractivity contribution in [2.75, 3.05) is 26.4 Å². The lowest BCUT2D eigenvalue weighted by Gasteiger charge is -2.27. The molecule has 0 unspecified atom stereocenters. The maximum absolute atomic E-state index is 8.56. The van der Waals surface area contributed by atoms with Gasteiger partial charge in [0.05, 0.1) is 19.8 Å². The Bertz CT molecular complexity index is 502. The minimum Gasteiger partial charge on any atom is -0.409 e. The van der Waals surface area contributed by atoms with E-state index >= 15 is 0 Å². The fourth-order valence-electron chi connectivity index (χ4n) is 4.02. The third kappa shape index (κ3) is 6.84. The summed E-state index contributed by atoms with van der Waals surface area (Å²) in [4.78, 5) is 0. The van der Waals surface area contributed by atoms with Crippen molar-refractivity contribution >= 4 is 11.7 Å². The van der Waals surface area contributed by atoms with Crippen LogP contribution in [0.15, 0.2) is 10.3 Å². The number of nitrogens with two attached hydrogens (primary N) is 2. The van der Waals surface area contributed by atoms with Crippen LogP contribution in [-0.2, 0) is 9.47 Å². The van der Waals surface area contributed by atoms with Gasteiger partial charge in [-0.1, -0.05) is 29.6 Å². The van der Waals surface area contributed by atoms with E-state index in [1.165, 1.54) is 51.4 Å². The van der Waals surface area contributed by atoms with Crippen molar-refractivity contribution in [3.63, 3.8) is 0 Å². The van der Waals surface area contributed by atoms with E-state index in [4.69, 9.17) is 31.4 Å². The first-order chi connectivity index (χ1) is 13.1. The van der Waals surface area contributed by atoms with Crippen LogP contribution >= 0.6 is 0 Å². The van der Waals surface area contributed by atoms with Gasteiger partial charge in [0, 0.05) is 19.4 Å².